The average Bonchev–Trinajstić information content (AvgIpc) is 3.21. The van der Waals surface area contributed by atoms with Crippen LogP contribution >= 0.6 is 0 Å². The van der Waals surface area contributed by atoms with Gasteiger partial charge in [-0.15, -0.1) is 0 Å². The van der Waals surface area contributed by atoms with E-state index in [1.165, 1.54) is 12.0 Å². The number of benzene rings is 3. The minimum Gasteiger partial charge on any atom is -0.497 e. The number of carbonyl (C=O) groups is 1. The zero-order valence-corrected chi connectivity index (χ0v) is 18.1. The molecule has 0 bridgehead atoms. The normalized spacial score (nSPS) is 15.9. The first-order chi connectivity index (χ1) is 16.3. The van der Waals surface area contributed by atoms with Crippen LogP contribution < -0.4 is 4.74 Å². The van der Waals surface area contributed by atoms with E-state index in [2.05, 4.69) is 4.98 Å². The minimum atomic E-state index is -4.80. The number of aromatic amines is 1. The number of amides is 1. The van der Waals surface area contributed by atoms with Gasteiger partial charge < -0.3 is 14.6 Å². The monoisotopic (exact) mass is 468 g/mol. The molecule has 0 fully saturated rings. The van der Waals surface area contributed by atoms with Crippen LogP contribution in [0.1, 0.15) is 38.8 Å². The molecule has 2 heterocycles. The Bertz CT molecular complexity index is 1390. The van der Waals surface area contributed by atoms with E-state index in [4.69, 9.17) is 4.74 Å². The van der Waals surface area contributed by atoms with Crippen molar-refractivity contribution in [3.63, 3.8) is 0 Å². The summed E-state index contributed by atoms with van der Waals surface area (Å²) in [6.45, 7) is 0.170. The summed E-state index contributed by atoms with van der Waals surface area (Å²) in [5.41, 5.74) is 1.40. The van der Waals surface area contributed by atoms with E-state index in [9.17, 15) is 22.4 Å². The number of nitrogens with one attached hydrogen (secondary N) is 1. The number of para-hydroxylation sites is 1. The molecule has 0 radical (unpaired) electrons. The van der Waals surface area contributed by atoms with Gasteiger partial charge in [-0.2, -0.15) is 13.2 Å². The van der Waals surface area contributed by atoms with Crippen molar-refractivity contribution in [2.24, 2.45) is 0 Å². The van der Waals surface area contributed by atoms with E-state index >= 15 is 0 Å². The lowest BCUT2D eigenvalue weighted by atomic mass is 9.91. The van der Waals surface area contributed by atoms with Crippen LogP contribution in [0.3, 0.4) is 0 Å². The largest absolute Gasteiger partial charge is 0.497 e. The highest BCUT2D eigenvalue weighted by atomic mass is 19.4. The van der Waals surface area contributed by atoms with E-state index < -0.39 is 35.1 Å². The lowest BCUT2D eigenvalue weighted by Gasteiger charge is -2.37. The summed E-state index contributed by atoms with van der Waals surface area (Å²) in [5.74, 6) is -1.24. The topological polar surface area (TPSA) is 45.3 Å². The number of hydrogen-bond donors (Lipinski definition) is 1. The maximum absolute atomic E-state index is 14.0. The highest BCUT2D eigenvalue weighted by molar-refractivity contribution is 5.97. The molecule has 1 amide bonds. The third-order valence-electron chi connectivity index (χ3n) is 6.22. The van der Waals surface area contributed by atoms with Gasteiger partial charge in [-0.1, -0.05) is 30.3 Å². The number of halogens is 4. The Labute approximate surface area is 192 Å². The smallest absolute Gasteiger partial charge is 0.417 e. The van der Waals surface area contributed by atoms with Crippen LogP contribution in [0.2, 0.25) is 0 Å². The molecule has 1 aliphatic rings. The second-order valence-corrected chi connectivity index (χ2v) is 8.18. The van der Waals surface area contributed by atoms with E-state index in [1.807, 2.05) is 24.3 Å². The molecule has 1 aliphatic heterocycles. The molecule has 0 aliphatic carbocycles. The highest BCUT2D eigenvalue weighted by Crippen LogP contribution is 2.41. The number of hydrogen-bond acceptors (Lipinski definition) is 2. The molecule has 3 aromatic carbocycles. The van der Waals surface area contributed by atoms with Crippen LogP contribution in [0.15, 0.2) is 66.7 Å². The highest BCUT2D eigenvalue weighted by Gasteiger charge is 2.40. The fourth-order valence-corrected chi connectivity index (χ4v) is 4.71. The molecule has 1 aromatic heterocycles. The third kappa shape index (κ3) is 3.69. The van der Waals surface area contributed by atoms with Gasteiger partial charge in [0.05, 0.1) is 24.3 Å². The van der Waals surface area contributed by atoms with Gasteiger partial charge in [0.1, 0.15) is 11.6 Å². The predicted molar refractivity (Wildman–Crippen MR) is 119 cm³/mol. The Kier molecular flexibility index (Phi) is 5.31. The maximum Gasteiger partial charge on any atom is 0.417 e. The van der Waals surface area contributed by atoms with Crippen molar-refractivity contribution in [2.45, 2.75) is 18.6 Å². The number of methoxy groups -OCH3 is 1. The number of nitrogens with zero attached hydrogens (tertiary/aromatic N) is 1. The second kappa shape index (κ2) is 8.20. The lowest BCUT2D eigenvalue weighted by molar-refractivity contribution is -0.138. The summed E-state index contributed by atoms with van der Waals surface area (Å²) in [5, 5.41) is 0.999. The summed E-state index contributed by atoms with van der Waals surface area (Å²) >= 11 is 0. The fourth-order valence-electron chi connectivity index (χ4n) is 4.71. The van der Waals surface area contributed by atoms with Crippen molar-refractivity contribution >= 4 is 16.8 Å². The van der Waals surface area contributed by atoms with E-state index in [1.54, 1.807) is 24.3 Å². The van der Waals surface area contributed by atoms with E-state index in [-0.39, 0.29) is 6.54 Å². The molecule has 1 N–H and O–H groups in total. The summed E-state index contributed by atoms with van der Waals surface area (Å²) in [6.07, 6.45) is -4.35. The zero-order valence-electron chi connectivity index (χ0n) is 18.1. The fraction of sp³-hybridized carbons (Fsp3) is 0.192. The van der Waals surface area contributed by atoms with Crippen molar-refractivity contribution in [2.75, 3.05) is 13.7 Å². The van der Waals surface area contributed by atoms with Crippen molar-refractivity contribution < 1.29 is 27.1 Å². The number of fused-ring (bicyclic) bond motifs is 3. The molecule has 174 valence electrons. The van der Waals surface area contributed by atoms with Crippen molar-refractivity contribution in [1.29, 1.82) is 0 Å². The predicted octanol–water partition coefficient (Wildman–Crippen LogP) is 6.12. The van der Waals surface area contributed by atoms with Crippen molar-refractivity contribution in [3.05, 3.63) is 100 Å². The molecular weight excluding hydrogens is 448 g/mol. The van der Waals surface area contributed by atoms with Crippen LogP contribution in [-0.4, -0.2) is 29.4 Å². The number of rotatable bonds is 3. The molecule has 1 unspecified atom stereocenters. The summed E-state index contributed by atoms with van der Waals surface area (Å²) in [4.78, 5) is 18.3. The number of H-pyrrole nitrogens is 1. The number of aromatic nitrogens is 1. The molecule has 4 aromatic rings. The number of alkyl halides is 3. The number of carbonyl (C=O) groups excluding carboxylic acids is 1. The van der Waals surface area contributed by atoms with Gasteiger partial charge in [-0.3, -0.25) is 4.79 Å². The molecule has 4 nitrogen and oxygen atoms in total. The Morgan fingerprint density at radius 3 is 2.62 bits per heavy atom. The van der Waals surface area contributed by atoms with Crippen LogP contribution in [0.4, 0.5) is 17.6 Å². The number of ether oxygens (including phenoxy) is 1. The molecule has 5 rings (SSSR count). The summed E-state index contributed by atoms with van der Waals surface area (Å²) < 4.78 is 60.4. The van der Waals surface area contributed by atoms with E-state index in [0.717, 1.165) is 22.2 Å². The Morgan fingerprint density at radius 1 is 1.06 bits per heavy atom. The Balaban J connectivity index is 1.69. The third-order valence-corrected chi connectivity index (χ3v) is 6.22. The second-order valence-electron chi connectivity index (χ2n) is 8.18. The summed E-state index contributed by atoms with van der Waals surface area (Å²) in [7, 11) is 1.51. The van der Waals surface area contributed by atoms with E-state index in [0.29, 0.717) is 35.9 Å². The molecule has 34 heavy (non-hydrogen) atoms. The standard InChI is InChI=1S/C26H20F4N2O2/c1-34-17-6-4-5-15(13-17)24-23-19(18-7-2-3-8-22(18)31-23)11-12-32(24)25(33)20-14-16(27)9-10-21(20)26(28,29)30/h2-10,13-14,24,31H,11-12H2,1H3. The van der Waals surface area contributed by atoms with Crippen molar-refractivity contribution in [1.82, 2.24) is 9.88 Å². The maximum atomic E-state index is 14.0. The first-order valence-electron chi connectivity index (χ1n) is 10.7. The van der Waals surface area contributed by atoms with Crippen LogP contribution in [0, 0.1) is 5.82 Å². The lowest BCUT2D eigenvalue weighted by Crippen LogP contribution is -2.41. The van der Waals surface area contributed by atoms with Gasteiger partial charge in [0.2, 0.25) is 0 Å². The van der Waals surface area contributed by atoms with Gasteiger partial charge in [-0.25, -0.2) is 4.39 Å². The SMILES string of the molecule is COc1cccc(C2c3[nH]c4ccccc4c3CCN2C(=O)c2cc(F)ccc2C(F)(F)F)c1. The van der Waals surface area contributed by atoms with Gasteiger partial charge in [-0.05, 0) is 53.9 Å². The Morgan fingerprint density at radius 2 is 1.85 bits per heavy atom. The van der Waals surface area contributed by atoms with Crippen LogP contribution in [0.25, 0.3) is 10.9 Å². The summed E-state index contributed by atoms with van der Waals surface area (Å²) in [6, 6.07) is 16.0. The van der Waals surface area contributed by atoms with Crippen LogP contribution in [-0.2, 0) is 12.6 Å². The first kappa shape index (κ1) is 22.0. The van der Waals surface area contributed by atoms with Gasteiger partial charge >= 0.3 is 6.18 Å². The quantitative estimate of drug-likeness (QED) is 0.368. The molecule has 0 saturated carbocycles. The van der Waals surface area contributed by atoms with Crippen molar-refractivity contribution in [3.8, 4) is 5.75 Å². The molecule has 8 heteroatoms. The van der Waals surface area contributed by atoms with Gasteiger partial charge in [0.25, 0.3) is 5.91 Å². The molecular formula is C26H20F4N2O2. The molecule has 1 atom stereocenters. The first-order valence-corrected chi connectivity index (χ1v) is 10.7. The molecule has 0 spiro atoms. The Hall–Kier alpha value is -3.81. The zero-order chi connectivity index (χ0) is 24.0. The van der Waals surface area contributed by atoms with Gasteiger partial charge in [0.15, 0.2) is 0 Å². The average molecular weight is 468 g/mol. The van der Waals surface area contributed by atoms with Crippen LogP contribution in [0.5, 0.6) is 5.75 Å². The molecule has 0 saturated heterocycles. The van der Waals surface area contributed by atoms with Gasteiger partial charge in [0, 0.05) is 23.1 Å². The minimum absolute atomic E-state index is 0.170.